The number of halogens is 3. The summed E-state index contributed by atoms with van der Waals surface area (Å²) in [5.74, 6) is 0.0470. The first kappa shape index (κ1) is 13.0. The third-order valence-electron chi connectivity index (χ3n) is 2.48. The van der Waals surface area contributed by atoms with Crippen molar-refractivity contribution in [2.75, 3.05) is 0 Å². The van der Waals surface area contributed by atoms with Crippen LogP contribution >= 0.6 is 23.2 Å². The summed E-state index contributed by atoms with van der Waals surface area (Å²) in [7, 11) is 0. The van der Waals surface area contributed by atoms with Gasteiger partial charge in [0, 0.05) is 18.0 Å². The van der Waals surface area contributed by atoms with Gasteiger partial charge in [-0.1, -0.05) is 11.6 Å². The molecule has 0 aliphatic carbocycles. The Bertz CT molecular complexity index is 761. The lowest BCUT2D eigenvalue weighted by Crippen LogP contribution is -2.05. The molecule has 2 aromatic heterocycles. The van der Waals surface area contributed by atoms with E-state index in [1.54, 1.807) is 18.5 Å². The molecule has 0 aliphatic heterocycles. The Morgan fingerprint density at radius 1 is 1.10 bits per heavy atom. The lowest BCUT2D eigenvalue weighted by molar-refractivity contribution is 0.628. The molecule has 0 amide bonds. The van der Waals surface area contributed by atoms with Crippen LogP contribution in [0.25, 0.3) is 17.3 Å². The summed E-state index contributed by atoms with van der Waals surface area (Å²) in [5, 5.41) is 4.01. The van der Waals surface area contributed by atoms with Gasteiger partial charge in [0.25, 0.3) is 5.95 Å². The average Bonchev–Trinajstić information content (AvgIpc) is 2.95. The molecule has 0 saturated carbocycles. The third kappa shape index (κ3) is 2.48. The zero-order valence-corrected chi connectivity index (χ0v) is 11.3. The lowest BCUT2D eigenvalue weighted by atomic mass is 10.2. The van der Waals surface area contributed by atoms with Crippen LogP contribution in [0.4, 0.5) is 4.39 Å². The molecule has 0 spiro atoms. The van der Waals surface area contributed by atoms with E-state index in [0.29, 0.717) is 5.56 Å². The quantitative estimate of drug-likeness (QED) is 0.729. The van der Waals surface area contributed by atoms with E-state index in [1.807, 2.05) is 0 Å². The van der Waals surface area contributed by atoms with E-state index in [-0.39, 0.29) is 22.1 Å². The van der Waals surface area contributed by atoms with Gasteiger partial charge in [-0.05, 0) is 35.9 Å². The van der Waals surface area contributed by atoms with Crippen molar-refractivity contribution >= 4 is 23.2 Å². The van der Waals surface area contributed by atoms with Gasteiger partial charge >= 0.3 is 0 Å². The SMILES string of the molecule is Fc1ccc(-c2nc(Cl)nc(-n3cccn3)n2)cc1Cl. The second-order valence-corrected chi connectivity index (χ2v) is 4.55. The zero-order valence-electron chi connectivity index (χ0n) is 9.83. The normalized spacial score (nSPS) is 10.8. The molecule has 0 unspecified atom stereocenters. The van der Waals surface area contributed by atoms with E-state index in [2.05, 4.69) is 20.1 Å². The van der Waals surface area contributed by atoms with Gasteiger partial charge in [-0.3, -0.25) is 0 Å². The maximum atomic E-state index is 13.2. The van der Waals surface area contributed by atoms with Crippen molar-refractivity contribution in [3.63, 3.8) is 0 Å². The molecular formula is C12H6Cl2FN5. The van der Waals surface area contributed by atoms with Crippen LogP contribution in [0, 0.1) is 5.82 Å². The molecule has 0 saturated heterocycles. The number of benzene rings is 1. The monoisotopic (exact) mass is 309 g/mol. The minimum atomic E-state index is -0.511. The molecule has 0 atom stereocenters. The van der Waals surface area contributed by atoms with Crippen LogP contribution in [0.5, 0.6) is 0 Å². The number of nitrogens with zero attached hydrogens (tertiary/aromatic N) is 5. The highest BCUT2D eigenvalue weighted by molar-refractivity contribution is 6.31. The van der Waals surface area contributed by atoms with Gasteiger partial charge in [0.15, 0.2) is 5.82 Å². The van der Waals surface area contributed by atoms with Crippen LogP contribution in [0.15, 0.2) is 36.7 Å². The Hall–Kier alpha value is -2.05. The molecule has 0 bridgehead atoms. The summed E-state index contributed by atoms with van der Waals surface area (Å²) in [6.45, 7) is 0. The van der Waals surface area contributed by atoms with E-state index in [1.165, 1.54) is 22.9 Å². The van der Waals surface area contributed by atoms with E-state index < -0.39 is 5.82 Å². The second-order valence-electron chi connectivity index (χ2n) is 3.81. The van der Waals surface area contributed by atoms with Gasteiger partial charge in [0.05, 0.1) is 5.02 Å². The first-order chi connectivity index (χ1) is 9.63. The first-order valence-corrected chi connectivity index (χ1v) is 6.26. The largest absolute Gasteiger partial charge is 0.255 e. The fraction of sp³-hybridized carbons (Fsp3) is 0. The minimum Gasteiger partial charge on any atom is -0.206 e. The Morgan fingerprint density at radius 3 is 2.65 bits per heavy atom. The number of hydrogen-bond acceptors (Lipinski definition) is 4. The Morgan fingerprint density at radius 2 is 1.95 bits per heavy atom. The molecule has 0 fully saturated rings. The highest BCUT2D eigenvalue weighted by Crippen LogP contribution is 2.23. The molecule has 3 rings (SSSR count). The standard InChI is InChI=1S/C12H6Cl2FN5/c13-8-6-7(2-3-9(8)15)10-17-11(14)19-12(18-10)20-5-1-4-16-20/h1-6H. The molecule has 0 N–H and O–H groups in total. The second kappa shape index (κ2) is 5.15. The van der Waals surface area contributed by atoms with Crippen molar-refractivity contribution in [3.05, 3.63) is 52.8 Å². The molecular weight excluding hydrogens is 304 g/mol. The van der Waals surface area contributed by atoms with Gasteiger partial charge in [-0.15, -0.1) is 0 Å². The lowest BCUT2D eigenvalue weighted by Gasteiger charge is -2.05. The molecule has 1 aromatic carbocycles. The highest BCUT2D eigenvalue weighted by Gasteiger charge is 2.10. The summed E-state index contributed by atoms with van der Waals surface area (Å²) >= 11 is 11.6. The molecule has 100 valence electrons. The smallest absolute Gasteiger partial charge is 0.206 e. The molecule has 20 heavy (non-hydrogen) atoms. The molecule has 0 radical (unpaired) electrons. The van der Waals surface area contributed by atoms with Crippen LogP contribution in [0.3, 0.4) is 0 Å². The van der Waals surface area contributed by atoms with Crippen molar-refractivity contribution in [3.8, 4) is 17.3 Å². The van der Waals surface area contributed by atoms with Crippen LogP contribution in [-0.4, -0.2) is 24.7 Å². The summed E-state index contributed by atoms with van der Waals surface area (Å²) < 4.78 is 14.6. The summed E-state index contributed by atoms with van der Waals surface area (Å²) in [6.07, 6.45) is 3.26. The van der Waals surface area contributed by atoms with Gasteiger partial charge < -0.3 is 0 Å². The fourth-order valence-corrected chi connectivity index (χ4v) is 1.93. The fourth-order valence-electron chi connectivity index (χ4n) is 1.59. The number of hydrogen-bond donors (Lipinski definition) is 0. The van der Waals surface area contributed by atoms with Gasteiger partial charge in [-0.25, -0.2) is 9.07 Å². The maximum Gasteiger partial charge on any atom is 0.255 e. The number of aromatic nitrogens is 5. The van der Waals surface area contributed by atoms with Crippen LogP contribution in [0.1, 0.15) is 0 Å². The molecule has 8 heteroatoms. The molecule has 3 aromatic rings. The molecule has 5 nitrogen and oxygen atoms in total. The van der Waals surface area contributed by atoms with E-state index >= 15 is 0 Å². The van der Waals surface area contributed by atoms with Crippen molar-refractivity contribution in [1.82, 2.24) is 24.7 Å². The topological polar surface area (TPSA) is 56.5 Å². The van der Waals surface area contributed by atoms with Gasteiger partial charge in [0.1, 0.15) is 5.82 Å². The predicted octanol–water partition coefficient (Wildman–Crippen LogP) is 3.17. The molecule has 0 aliphatic rings. The van der Waals surface area contributed by atoms with E-state index in [0.717, 1.165) is 0 Å². The van der Waals surface area contributed by atoms with E-state index in [4.69, 9.17) is 23.2 Å². The van der Waals surface area contributed by atoms with Crippen molar-refractivity contribution in [2.24, 2.45) is 0 Å². The Kier molecular flexibility index (Phi) is 3.33. The predicted molar refractivity (Wildman–Crippen MR) is 72.4 cm³/mol. The minimum absolute atomic E-state index is 0.0142. The van der Waals surface area contributed by atoms with Crippen molar-refractivity contribution in [1.29, 1.82) is 0 Å². The van der Waals surface area contributed by atoms with Crippen molar-refractivity contribution in [2.45, 2.75) is 0 Å². The first-order valence-electron chi connectivity index (χ1n) is 5.50. The summed E-state index contributed by atoms with van der Waals surface area (Å²) in [5.41, 5.74) is 0.536. The van der Waals surface area contributed by atoms with E-state index in [9.17, 15) is 4.39 Å². The summed E-state index contributed by atoms with van der Waals surface area (Å²) in [6, 6.07) is 5.91. The summed E-state index contributed by atoms with van der Waals surface area (Å²) in [4.78, 5) is 12.2. The maximum absolute atomic E-state index is 13.2. The Balaban J connectivity index is 2.12. The third-order valence-corrected chi connectivity index (χ3v) is 2.94. The average molecular weight is 310 g/mol. The van der Waals surface area contributed by atoms with Gasteiger partial charge in [-0.2, -0.15) is 20.1 Å². The number of rotatable bonds is 2. The van der Waals surface area contributed by atoms with Gasteiger partial charge in [0.2, 0.25) is 5.28 Å². The Labute approximate surface area is 123 Å². The highest BCUT2D eigenvalue weighted by atomic mass is 35.5. The van der Waals surface area contributed by atoms with Crippen LogP contribution in [0.2, 0.25) is 10.3 Å². The zero-order chi connectivity index (χ0) is 14.1. The molecule has 2 heterocycles. The van der Waals surface area contributed by atoms with Crippen molar-refractivity contribution < 1.29 is 4.39 Å². The van der Waals surface area contributed by atoms with Crippen LogP contribution < -0.4 is 0 Å². The van der Waals surface area contributed by atoms with Crippen LogP contribution in [-0.2, 0) is 0 Å².